The van der Waals surface area contributed by atoms with E-state index in [9.17, 15) is 4.79 Å². The SMILES string of the molecule is COCC1(C(C)C=O)CCCCO1. The fourth-order valence-electron chi connectivity index (χ4n) is 1.85. The highest BCUT2D eigenvalue weighted by molar-refractivity contribution is 5.55. The van der Waals surface area contributed by atoms with Gasteiger partial charge in [0.15, 0.2) is 0 Å². The Morgan fingerprint density at radius 2 is 2.38 bits per heavy atom. The van der Waals surface area contributed by atoms with E-state index in [-0.39, 0.29) is 11.5 Å². The summed E-state index contributed by atoms with van der Waals surface area (Å²) in [5, 5.41) is 0. The second-order valence-corrected chi connectivity index (χ2v) is 3.73. The van der Waals surface area contributed by atoms with Gasteiger partial charge in [-0.25, -0.2) is 0 Å². The molecular formula is C10H18O3. The molecule has 1 rings (SSSR count). The van der Waals surface area contributed by atoms with Crippen LogP contribution in [-0.2, 0) is 14.3 Å². The molecule has 1 heterocycles. The van der Waals surface area contributed by atoms with Gasteiger partial charge in [-0.15, -0.1) is 0 Å². The van der Waals surface area contributed by atoms with Gasteiger partial charge in [0, 0.05) is 19.6 Å². The summed E-state index contributed by atoms with van der Waals surface area (Å²) in [6, 6.07) is 0. The summed E-state index contributed by atoms with van der Waals surface area (Å²) in [5.74, 6) is -0.0762. The summed E-state index contributed by atoms with van der Waals surface area (Å²) in [7, 11) is 1.65. The monoisotopic (exact) mass is 186 g/mol. The summed E-state index contributed by atoms with van der Waals surface area (Å²) in [4.78, 5) is 10.7. The van der Waals surface area contributed by atoms with Crippen molar-refractivity contribution >= 4 is 6.29 Å². The van der Waals surface area contributed by atoms with E-state index in [0.29, 0.717) is 6.61 Å². The van der Waals surface area contributed by atoms with Crippen molar-refractivity contribution < 1.29 is 14.3 Å². The molecule has 0 N–H and O–H groups in total. The lowest BCUT2D eigenvalue weighted by Gasteiger charge is -2.39. The minimum atomic E-state index is -0.352. The molecule has 1 aliphatic rings. The molecule has 2 unspecified atom stereocenters. The lowest BCUT2D eigenvalue weighted by Crippen LogP contribution is -2.47. The third kappa shape index (κ3) is 2.29. The Morgan fingerprint density at radius 1 is 1.62 bits per heavy atom. The molecule has 1 aliphatic heterocycles. The van der Waals surface area contributed by atoms with Gasteiger partial charge in [0.1, 0.15) is 11.9 Å². The lowest BCUT2D eigenvalue weighted by molar-refractivity contribution is -0.152. The van der Waals surface area contributed by atoms with Gasteiger partial charge in [-0.2, -0.15) is 0 Å². The molecule has 0 amide bonds. The van der Waals surface area contributed by atoms with Crippen molar-refractivity contribution in [2.75, 3.05) is 20.3 Å². The Labute approximate surface area is 79.4 Å². The Kier molecular flexibility index (Phi) is 3.88. The molecule has 1 fully saturated rings. The van der Waals surface area contributed by atoms with Crippen LogP contribution in [0.5, 0.6) is 0 Å². The van der Waals surface area contributed by atoms with Crippen molar-refractivity contribution in [3.8, 4) is 0 Å². The average Bonchev–Trinajstić information content (AvgIpc) is 2.18. The summed E-state index contributed by atoms with van der Waals surface area (Å²) in [6.07, 6.45) is 4.11. The Bertz CT molecular complexity index is 156. The van der Waals surface area contributed by atoms with Gasteiger partial charge >= 0.3 is 0 Å². The van der Waals surface area contributed by atoms with E-state index in [4.69, 9.17) is 9.47 Å². The van der Waals surface area contributed by atoms with Crippen LogP contribution in [-0.4, -0.2) is 32.2 Å². The van der Waals surface area contributed by atoms with Crippen LogP contribution in [0.2, 0.25) is 0 Å². The number of carbonyl (C=O) groups excluding carboxylic acids is 1. The van der Waals surface area contributed by atoms with E-state index >= 15 is 0 Å². The number of carbonyl (C=O) groups is 1. The quantitative estimate of drug-likeness (QED) is 0.623. The maximum atomic E-state index is 10.7. The Morgan fingerprint density at radius 3 is 2.85 bits per heavy atom. The average molecular weight is 186 g/mol. The first kappa shape index (κ1) is 10.7. The molecule has 0 saturated carbocycles. The molecule has 0 bridgehead atoms. The molecule has 0 spiro atoms. The van der Waals surface area contributed by atoms with Gasteiger partial charge in [-0.3, -0.25) is 0 Å². The highest BCUT2D eigenvalue weighted by atomic mass is 16.5. The summed E-state index contributed by atoms with van der Waals surface area (Å²) in [6.45, 7) is 3.17. The molecule has 3 nitrogen and oxygen atoms in total. The third-order valence-corrected chi connectivity index (χ3v) is 2.81. The fourth-order valence-corrected chi connectivity index (χ4v) is 1.85. The first-order valence-corrected chi connectivity index (χ1v) is 4.83. The van der Waals surface area contributed by atoms with Crippen molar-refractivity contribution in [1.82, 2.24) is 0 Å². The predicted octanol–water partition coefficient (Wildman–Crippen LogP) is 1.41. The first-order chi connectivity index (χ1) is 6.25. The van der Waals surface area contributed by atoms with Gasteiger partial charge in [0.25, 0.3) is 0 Å². The van der Waals surface area contributed by atoms with E-state index < -0.39 is 0 Å². The smallest absolute Gasteiger partial charge is 0.125 e. The third-order valence-electron chi connectivity index (χ3n) is 2.81. The zero-order chi connectivity index (χ0) is 9.73. The number of ether oxygens (including phenoxy) is 2. The molecule has 2 atom stereocenters. The zero-order valence-electron chi connectivity index (χ0n) is 8.41. The number of hydrogen-bond acceptors (Lipinski definition) is 3. The van der Waals surface area contributed by atoms with Crippen LogP contribution in [0.4, 0.5) is 0 Å². The normalized spacial score (nSPS) is 31.2. The number of aldehydes is 1. The molecule has 76 valence electrons. The van der Waals surface area contributed by atoms with E-state index in [1.54, 1.807) is 7.11 Å². The highest BCUT2D eigenvalue weighted by Gasteiger charge is 2.38. The molecule has 13 heavy (non-hydrogen) atoms. The highest BCUT2D eigenvalue weighted by Crippen LogP contribution is 2.31. The van der Waals surface area contributed by atoms with Crippen LogP contribution in [0.15, 0.2) is 0 Å². The second kappa shape index (κ2) is 4.72. The topological polar surface area (TPSA) is 35.5 Å². The van der Waals surface area contributed by atoms with Crippen LogP contribution in [0.3, 0.4) is 0 Å². The molecule has 0 aromatic rings. The minimum absolute atomic E-state index is 0.0762. The number of hydrogen-bond donors (Lipinski definition) is 0. The molecule has 0 aromatic heterocycles. The molecule has 0 aliphatic carbocycles. The van der Waals surface area contributed by atoms with Gasteiger partial charge in [-0.05, 0) is 19.3 Å². The van der Waals surface area contributed by atoms with Gasteiger partial charge < -0.3 is 14.3 Å². The molecule has 3 heteroatoms. The Hall–Kier alpha value is -0.410. The van der Waals surface area contributed by atoms with Crippen LogP contribution in [0.25, 0.3) is 0 Å². The summed E-state index contributed by atoms with van der Waals surface area (Å²) in [5.41, 5.74) is -0.352. The molecule has 0 aromatic carbocycles. The minimum Gasteiger partial charge on any atom is -0.382 e. The maximum absolute atomic E-state index is 10.7. The first-order valence-electron chi connectivity index (χ1n) is 4.83. The standard InChI is InChI=1S/C10H18O3/c1-9(7-11)10(8-12-2)5-3-4-6-13-10/h7,9H,3-6,8H2,1-2H3. The lowest BCUT2D eigenvalue weighted by atomic mass is 9.84. The Balaban J connectivity index is 2.65. The van der Waals surface area contributed by atoms with Crippen LogP contribution < -0.4 is 0 Å². The van der Waals surface area contributed by atoms with E-state index in [0.717, 1.165) is 32.2 Å². The van der Waals surface area contributed by atoms with Gasteiger partial charge in [-0.1, -0.05) is 6.92 Å². The maximum Gasteiger partial charge on any atom is 0.125 e. The van der Waals surface area contributed by atoms with Gasteiger partial charge in [0.2, 0.25) is 0 Å². The summed E-state index contributed by atoms with van der Waals surface area (Å²) < 4.78 is 10.8. The van der Waals surface area contributed by atoms with E-state index in [1.807, 2.05) is 6.92 Å². The molecular weight excluding hydrogens is 168 g/mol. The van der Waals surface area contributed by atoms with Crippen molar-refractivity contribution in [2.24, 2.45) is 5.92 Å². The molecule has 1 saturated heterocycles. The van der Waals surface area contributed by atoms with Crippen LogP contribution in [0.1, 0.15) is 26.2 Å². The summed E-state index contributed by atoms with van der Waals surface area (Å²) >= 11 is 0. The second-order valence-electron chi connectivity index (χ2n) is 3.73. The van der Waals surface area contributed by atoms with Crippen LogP contribution in [0, 0.1) is 5.92 Å². The van der Waals surface area contributed by atoms with Gasteiger partial charge in [0.05, 0.1) is 6.61 Å². The zero-order valence-corrected chi connectivity index (χ0v) is 8.41. The number of rotatable bonds is 4. The fraction of sp³-hybridized carbons (Fsp3) is 0.900. The van der Waals surface area contributed by atoms with E-state index in [1.165, 1.54) is 0 Å². The van der Waals surface area contributed by atoms with Crippen molar-refractivity contribution in [2.45, 2.75) is 31.8 Å². The predicted molar refractivity (Wildman–Crippen MR) is 49.6 cm³/mol. The largest absolute Gasteiger partial charge is 0.382 e. The van der Waals surface area contributed by atoms with Crippen molar-refractivity contribution in [1.29, 1.82) is 0 Å². The van der Waals surface area contributed by atoms with E-state index in [2.05, 4.69) is 0 Å². The van der Waals surface area contributed by atoms with Crippen LogP contribution >= 0.6 is 0 Å². The van der Waals surface area contributed by atoms with Crippen molar-refractivity contribution in [3.63, 3.8) is 0 Å². The number of methoxy groups -OCH3 is 1. The van der Waals surface area contributed by atoms with Crippen molar-refractivity contribution in [3.05, 3.63) is 0 Å². The molecule has 0 radical (unpaired) electrons.